The third kappa shape index (κ3) is 3.69. The number of barbiturate groups is 1. The summed E-state index contributed by atoms with van der Waals surface area (Å²) >= 11 is 2.26. The van der Waals surface area contributed by atoms with Crippen molar-refractivity contribution in [3.8, 4) is 5.69 Å². The third-order valence-corrected chi connectivity index (χ3v) is 6.04. The fraction of sp³-hybridized carbons (Fsp3) is 0.125. The molecule has 1 aliphatic rings. The summed E-state index contributed by atoms with van der Waals surface area (Å²) in [4.78, 5) is 40.7. The van der Waals surface area contributed by atoms with E-state index in [-0.39, 0.29) is 5.57 Å². The predicted molar refractivity (Wildman–Crippen MR) is 128 cm³/mol. The van der Waals surface area contributed by atoms with Crippen molar-refractivity contribution in [3.63, 3.8) is 0 Å². The zero-order valence-corrected chi connectivity index (χ0v) is 19.5. The zero-order chi connectivity index (χ0) is 22.3. The van der Waals surface area contributed by atoms with E-state index in [9.17, 15) is 14.4 Å². The van der Waals surface area contributed by atoms with E-state index in [1.165, 1.54) is 7.05 Å². The van der Waals surface area contributed by atoms with Gasteiger partial charge in [-0.2, -0.15) is 0 Å². The Morgan fingerprint density at radius 1 is 0.839 bits per heavy atom. The molecule has 1 aromatic heterocycles. The van der Waals surface area contributed by atoms with Crippen LogP contribution in [0.4, 0.5) is 10.5 Å². The molecule has 2 heterocycles. The number of amides is 4. The van der Waals surface area contributed by atoms with E-state index >= 15 is 0 Å². The van der Waals surface area contributed by atoms with Gasteiger partial charge in [-0.05, 0) is 90.5 Å². The van der Waals surface area contributed by atoms with Crippen molar-refractivity contribution in [1.82, 2.24) is 9.47 Å². The Morgan fingerprint density at radius 2 is 1.48 bits per heavy atom. The summed E-state index contributed by atoms with van der Waals surface area (Å²) in [5.74, 6) is -1.24. The monoisotopic (exact) mass is 525 g/mol. The Kier molecular flexibility index (Phi) is 5.53. The van der Waals surface area contributed by atoms with Crippen molar-refractivity contribution < 1.29 is 14.4 Å². The minimum atomic E-state index is -0.664. The van der Waals surface area contributed by atoms with Crippen LogP contribution in [-0.4, -0.2) is 34.4 Å². The van der Waals surface area contributed by atoms with Gasteiger partial charge in [-0.3, -0.25) is 14.5 Å². The van der Waals surface area contributed by atoms with Crippen molar-refractivity contribution in [2.24, 2.45) is 0 Å². The predicted octanol–water partition coefficient (Wildman–Crippen LogP) is 4.71. The number of anilines is 1. The van der Waals surface area contributed by atoms with Crippen LogP contribution >= 0.6 is 22.6 Å². The summed E-state index contributed by atoms with van der Waals surface area (Å²) in [7, 11) is 1.38. The van der Waals surface area contributed by atoms with Crippen molar-refractivity contribution in [1.29, 1.82) is 0 Å². The van der Waals surface area contributed by atoms with Crippen LogP contribution in [-0.2, 0) is 9.59 Å². The summed E-state index contributed by atoms with van der Waals surface area (Å²) < 4.78 is 3.21. The first-order chi connectivity index (χ1) is 14.8. The molecule has 3 aromatic rings. The number of nitrogens with zero attached hydrogens (tertiary/aromatic N) is 3. The molecular weight excluding hydrogens is 505 g/mol. The molecule has 4 amide bonds. The number of para-hydroxylation sites is 1. The number of likely N-dealkylation sites (N-methyl/N-ethyl adjacent to an activating group) is 1. The lowest BCUT2D eigenvalue weighted by atomic mass is 10.1. The van der Waals surface area contributed by atoms with Crippen LogP contribution < -0.4 is 4.90 Å². The standard InChI is InChI=1S/C24H20IN3O3/c1-15-13-17(16(2)27(15)20-11-9-18(25)10-12-20)14-21-22(29)26(3)24(31)28(23(21)30)19-7-5-4-6-8-19/h4-14H,1-3H3/b21-14-. The number of urea groups is 1. The number of aryl methyl sites for hydroxylation is 1. The van der Waals surface area contributed by atoms with E-state index in [4.69, 9.17) is 0 Å². The largest absolute Gasteiger partial charge is 0.338 e. The average molecular weight is 525 g/mol. The SMILES string of the molecule is Cc1cc(/C=C2/C(=O)N(C)C(=O)N(c3ccccc3)C2=O)c(C)n1-c1ccc(I)cc1. The quantitative estimate of drug-likeness (QED) is 0.283. The molecule has 4 rings (SSSR count). The van der Waals surface area contributed by atoms with Crippen LogP contribution in [0.2, 0.25) is 0 Å². The maximum atomic E-state index is 13.2. The van der Waals surface area contributed by atoms with Gasteiger partial charge in [-0.25, -0.2) is 9.69 Å². The Labute approximate surface area is 193 Å². The third-order valence-electron chi connectivity index (χ3n) is 5.32. The van der Waals surface area contributed by atoms with Gasteiger partial charge in [0, 0.05) is 27.7 Å². The van der Waals surface area contributed by atoms with E-state index in [1.807, 2.05) is 44.2 Å². The lowest BCUT2D eigenvalue weighted by molar-refractivity contribution is -0.128. The molecule has 31 heavy (non-hydrogen) atoms. The van der Waals surface area contributed by atoms with E-state index in [1.54, 1.807) is 36.4 Å². The second kappa shape index (κ2) is 8.14. The highest BCUT2D eigenvalue weighted by molar-refractivity contribution is 14.1. The van der Waals surface area contributed by atoms with Gasteiger partial charge in [0.2, 0.25) is 0 Å². The molecule has 6 nitrogen and oxygen atoms in total. The molecule has 156 valence electrons. The van der Waals surface area contributed by atoms with Crippen LogP contribution in [0, 0.1) is 17.4 Å². The molecule has 7 heteroatoms. The second-order valence-electron chi connectivity index (χ2n) is 7.32. The average Bonchev–Trinajstić information content (AvgIpc) is 3.04. The molecule has 1 aliphatic heterocycles. The minimum Gasteiger partial charge on any atom is -0.318 e. The zero-order valence-electron chi connectivity index (χ0n) is 17.3. The molecule has 0 aliphatic carbocycles. The number of rotatable bonds is 3. The lowest BCUT2D eigenvalue weighted by Gasteiger charge is -2.31. The van der Waals surface area contributed by atoms with Crippen LogP contribution in [0.15, 0.2) is 66.2 Å². The molecule has 2 aromatic carbocycles. The summed E-state index contributed by atoms with van der Waals surface area (Å²) in [6.45, 7) is 3.92. The molecule has 0 saturated carbocycles. The normalized spacial score (nSPS) is 15.9. The number of hydrogen-bond donors (Lipinski definition) is 0. The Hall–Kier alpha value is -3.20. The highest BCUT2D eigenvalue weighted by Crippen LogP contribution is 2.28. The molecule has 0 radical (unpaired) electrons. The van der Waals surface area contributed by atoms with Crippen molar-refractivity contribution in [2.75, 3.05) is 11.9 Å². The molecule has 0 N–H and O–H groups in total. The van der Waals surface area contributed by atoms with E-state index in [2.05, 4.69) is 27.2 Å². The smallest absolute Gasteiger partial charge is 0.318 e. The molecule has 1 saturated heterocycles. The molecule has 0 atom stereocenters. The number of carbonyl (C=O) groups excluding carboxylic acids is 3. The maximum absolute atomic E-state index is 13.2. The van der Waals surface area contributed by atoms with Crippen LogP contribution in [0.3, 0.4) is 0 Å². The first-order valence-corrected chi connectivity index (χ1v) is 10.8. The molecule has 0 bridgehead atoms. The molecular formula is C24H20IN3O3. The van der Waals surface area contributed by atoms with Crippen LogP contribution in [0.5, 0.6) is 0 Å². The van der Waals surface area contributed by atoms with Crippen LogP contribution in [0.25, 0.3) is 11.8 Å². The van der Waals surface area contributed by atoms with Gasteiger partial charge in [-0.1, -0.05) is 18.2 Å². The van der Waals surface area contributed by atoms with Gasteiger partial charge in [-0.15, -0.1) is 0 Å². The van der Waals surface area contributed by atoms with Crippen molar-refractivity contribution in [3.05, 3.63) is 86.8 Å². The first-order valence-electron chi connectivity index (χ1n) is 9.67. The van der Waals surface area contributed by atoms with Gasteiger partial charge < -0.3 is 4.57 Å². The van der Waals surface area contributed by atoms with Gasteiger partial charge in [0.1, 0.15) is 5.57 Å². The first kappa shape index (κ1) is 21.0. The topological polar surface area (TPSA) is 62.6 Å². The summed E-state index contributed by atoms with van der Waals surface area (Å²) in [5.41, 5.74) is 4.01. The van der Waals surface area contributed by atoms with Gasteiger partial charge in [0.15, 0.2) is 0 Å². The van der Waals surface area contributed by atoms with E-state index < -0.39 is 17.8 Å². The number of benzene rings is 2. The number of imide groups is 2. The molecule has 1 fully saturated rings. The summed E-state index contributed by atoms with van der Waals surface area (Å²) in [5, 5.41) is 0. The number of halogens is 1. The summed E-state index contributed by atoms with van der Waals surface area (Å²) in [6, 6.07) is 18.0. The molecule has 0 spiro atoms. The Morgan fingerprint density at radius 3 is 2.13 bits per heavy atom. The highest BCUT2D eigenvalue weighted by atomic mass is 127. The van der Waals surface area contributed by atoms with E-state index in [0.29, 0.717) is 5.69 Å². The number of carbonyl (C=O) groups is 3. The maximum Gasteiger partial charge on any atom is 0.338 e. The van der Waals surface area contributed by atoms with Gasteiger partial charge in [0.05, 0.1) is 5.69 Å². The molecule has 0 unspecified atom stereocenters. The number of hydrogen-bond acceptors (Lipinski definition) is 3. The Balaban J connectivity index is 1.80. The fourth-order valence-electron chi connectivity index (χ4n) is 3.72. The van der Waals surface area contributed by atoms with Gasteiger partial charge >= 0.3 is 6.03 Å². The highest BCUT2D eigenvalue weighted by Gasteiger charge is 2.41. The lowest BCUT2D eigenvalue weighted by Crippen LogP contribution is -2.55. The fourth-order valence-corrected chi connectivity index (χ4v) is 4.08. The minimum absolute atomic E-state index is 0.0474. The van der Waals surface area contributed by atoms with Crippen molar-refractivity contribution >= 4 is 52.2 Å². The van der Waals surface area contributed by atoms with E-state index in [0.717, 1.165) is 36.0 Å². The van der Waals surface area contributed by atoms with Gasteiger partial charge in [0.25, 0.3) is 11.8 Å². The van der Waals surface area contributed by atoms with Crippen molar-refractivity contribution in [2.45, 2.75) is 13.8 Å². The second-order valence-corrected chi connectivity index (χ2v) is 8.56. The van der Waals surface area contributed by atoms with Crippen LogP contribution in [0.1, 0.15) is 17.0 Å². The number of aromatic nitrogens is 1. The Bertz CT molecular complexity index is 1230. The summed E-state index contributed by atoms with van der Waals surface area (Å²) in [6.07, 6.45) is 1.58.